The number of thioether (sulfide) groups is 1. The van der Waals surface area contributed by atoms with E-state index in [2.05, 4.69) is 15.6 Å². The van der Waals surface area contributed by atoms with Crippen molar-refractivity contribution in [1.82, 2.24) is 20.1 Å². The molecule has 1 saturated heterocycles. The normalized spacial score (nSPS) is 18.6. The van der Waals surface area contributed by atoms with Gasteiger partial charge in [0.05, 0.1) is 36.7 Å². The Bertz CT molecular complexity index is 1050. The quantitative estimate of drug-likeness (QED) is 0.168. The minimum Gasteiger partial charge on any atom is -0.383 e. The molecule has 2 heterocycles. The summed E-state index contributed by atoms with van der Waals surface area (Å²) >= 11 is 1.35. The molecule has 1 aliphatic heterocycles. The number of carbonyl (C=O) groups excluding carboxylic acids is 2. The molecular formula is C25H36F3N7O4S. The highest BCUT2D eigenvalue weighted by Gasteiger charge is 2.38. The van der Waals surface area contributed by atoms with E-state index in [1.54, 1.807) is 43.2 Å². The van der Waals surface area contributed by atoms with Crippen LogP contribution in [-0.2, 0) is 14.3 Å². The van der Waals surface area contributed by atoms with Gasteiger partial charge in [0.2, 0.25) is 11.8 Å². The number of alkyl halides is 3. The van der Waals surface area contributed by atoms with Gasteiger partial charge in [0.1, 0.15) is 23.1 Å². The van der Waals surface area contributed by atoms with Gasteiger partial charge in [-0.3, -0.25) is 19.8 Å². The Morgan fingerprint density at radius 3 is 2.73 bits per heavy atom. The molecule has 0 aromatic carbocycles. The van der Waals surface area contributed by atoms with Crippen molar-refractivity contribution in [2.75, 3.05) is 63.6 Å². The fourth-order valence-corrected chi connectivity index (χ4v) is 5.27. The average molecular weight is 588 g/mol. The molecule has 1 aromatic rings. The zero-order chi connectivity index (χ0) is 29.7. The van der Waals surface area contributed by atoms with Crippen molar-refractivity contribution in [3.63, 3.8) is 0 Å². The Morgan fingerprint density at radius 1 is 1.38 bits per heavy atom. The van der Waals surface area contributed by atoms with E-state index in [9.17, 15) is 33.1 Å². The number of rotatable bonds is 16. The Labute approximate surface area is 236 Å². The van der Waals surface area contributed by atoms with Gasteiger partial charge < -0.3 is 25.4 Å². The zero-order valence-corrected chi connectivity index (χ0v) is 23.5. The maximum absolute atomic E-state index is 12.9. The lowest BCUT2D eigenvalue weighted by Crippen LogP contribution is -2.38. The van der Waals surface area contributed by atoms with Crippen molar-refractivity contribution in [1.29, 1.82) is 5.26 Å². The summed E-state index contributed by atoms with van der Waals surface area (Å²) in [6.07, 6.45) is -4.78. The summed E-state index contributed by atoms with van der Waals surface area (Å²) in [7, 11) is 1.60. The molecule has 11 nitrogen and oxygen atoms in total. The molecule has 1 aromatic heterocycles. The van der Waals surface area contributed by atoms with E-state index >= 15 is 0 Å². The molecule has 0 bridgehead atoms. The Morgan fingerprint density at radius 2 is 2.10 bits per heavy atom. The van der Waals surface area contributed by atoms with Gasteiger partial charge in [-0.25, -0.2) is 4.98 Å². The van der Waals surface area contributed by atoms with Crippen LogP contribution in [0.25, 0.3) is 0 Å². The van der Waals surface area contributed by atoms with Crippen molar-refractivity contribution >= 4 is 35.2 Å². The number of aliphatic hydroxyl groups is 1. The van der Waals surface area contributed by atoms with Crippen molar-refractivity contribution in [3.8, 4) is 6.07 Å². The van der Waals surface area contributed by atoms with Crippen molar-refractivity contribution in [2.45, 2.75) is 43.3 Å². The highest BCUT2D eigenvalue weighted by molar-refractivity contribution is 8.01. The number of nitriles is 1. The number of nitrogens with zero attached hydrogens (tertiary/aromatic N) is 4. The lowest BCUT2D eigenvalue weighted by atomic mass is 10.2. The maximum Gasteiger partial charge on any atom is 0.401 e. The molecule has 0 radical (unpaired) electrons. The maximum atomic E-state index is 12.9. The number of likely N-dealkylation sites (N-methyl/N-ethyl adjacent to an activating group) is 1. The van der Waals surface area contributed by atoms with Gasteiger partial charge in [-0.1, -0.05) is 19.1 Å². The fourth-order valence-electron chi connectivity index (χ4n) is 3.85. The predicted octanol–water partition coefficient (Wildman–Crippen LogP) is 2.00. The standard InChI is InChI=1S/C25H36F3N7O4S/c1-4-34(11-12-39-3)15-21(36)33-20-8-6-7-19(32-20)30-14-18-24(38)35(5-2)22(40-18)10-9-17(13-29)23(37)31-16-25(26,27)28/h6-9,18,22-23,31,37H,4-5,10-12,14-16H2,1-3H3,(H2,30,32,33,36)/b17-9+. The molecule has 0 aliphatic carbocycles. The predicted molar refractivity (Wildman–Crippen MR) is 146 cm³/mol. The van der Waals surface area contributed by atoms with Crippen LogP contribution in [0.2, 0.25) is 0 Å². The van der Waals surface area contributed by atoms with Crippen LogP contribution in [0.5, 0.6) is 0 Å². The van der Waals surface area contributed by atoms with Crippen LogP contribution < -0.4 is 16.0 Å². The number of methoxy groups -OCH3 is 1. The summed E-state index contributed by atoms with van der Waals surface area (Å²) < 4.78 is 42.3. The highest BCUT2D eigenvalue weighted by Crippen LogP contribution is 2.34. The van der Waals surface area contributed by atoms with Crippen LogP contribution >= 0.6 is 11.8 Å². The number of amides is 2. The largest absolute Gasteiger partial charge is 0.401 e. The lowest BCUT2D eigenvalue weighted by molar-refractivity contribution is -0.130. The van der Waals surface area contributed by atoms with Crippen LogP contribution in [0.15, 0.2) is 29.8 Å². The van der Waals surface area contributed by atoms with Gasteiger partial charge in [-0.2, -0.15) is 18.4 Å². The topological polar surface area (TPSA) is 143 Å². The van der Waals surface area contributed by atoms with Crippen LogP contribution in [0.1, 0.15) is 20.3 Å². The molecular weight excluding hydrogens is 551 g/mol. The first-order chi connectivity index (χ1) is 19.0. The summed E-state index contributed by atoms with van der Waals surface area (Å²) in [5.41, 5.74) is -0.251. The molecule has 3 unspecified atom stereocenters. The first-order valence-corrected chi connectivity index (χ1v) is 13.7. The van der Waals surface area contributed by atoms with Gasteiger partial charge in [0.25, 0.3) is 0 Å². The lowest BCUT2D eigenvalue weighted by Gasteiger charge is -2.21. The number of aliphatic hydroxyl groups excluding tert-OH is 1. The molecule has 4 N–H and O–H groups in total. The van der Waals surface area contributed by atoms with Gasteiger partial charge in [0.15, 0.2) is 0 Å². The highest BCUT2D eigenvalue weighted by atomic mass is 32.2. The minimum absolute atomic E-state index is 0.132. The monoisotopic (exact) mass is 587 g/mol. The van der Waals surface area contributed by atoms with E-state index < -0.39 is 24.2 Å². The van der Waals surface area contributed by atoms with Crippen LogP contribution in [0, 0.1) is 11.3 Å². The van der Waals surface area contributed by atoms with Crippen LogP contribution in [0.3, 0.4) is 0 Å². The van der Waals surface area contributed by atoms with Gasteiger partial charge in [-0.15, -0.1) is 11.8 Å². The van der Waals surface area contributed by atoms with Crippen molar-refractivity contribution < 1.29 is 32.6 Å². The third-order valence-corrected chi connectivity index (χ3v) is 7.40. The number of anilines is 2. The van der Waals surface area contributed by atoms with E-state index in [-0.39, 0.29) is 42.3 Å². The SMILES string of the molecule is CCN(CCOC)CC(=O)Nc1cccc(NCC2SC(C/C=C(\C#N)C(O)NCC(F)(F)F)N(CC)C2=O)n1. The van der Waals surface area contributed by atoms with E-state index in [1.165, 1.54) is 17.8 Å². The van der Waals surface area contributed by atoms with Crippen LogP contribution in [0.4, 0.5) is 24.8 Å². The third kappa shape index (κ3) is 10.9. The summed E-state index contributed by atoms with van der Waals surface area (Å²) in [5.74, 6) is 0.486. The minimum atomic E-state index is -4.53. The number of ether oxygens (including phenoxy) is 1. The van der Waals surface area contributed by atoms with Gasteiger partial charge in [0, 0.05) is 26.7 Å². The Kier molecular flexibility index (Phi) is 13.6. The summed E-state index contributed by atoms with van der Waals surface area (Å²) in [5, 5.41) is 26.1. The smallest absolute Gasteiger partial charge is 0.383 e. The number of aromatic nitrogens is 1. The molecule has 222 valence electrons. The fraction of sp³-hybridized carbons (Fsp3) is 0.600. The molecule has 3 atom stereocenters. The van der Waals surface area contributed by atoms with E-state index in [4.69, 9.17) is 4.74 Å². The Balaban J connectivity index is 1.95. The molecule has 1 fully saturated rings. The zero-order valence-electron chi connectivity index (χ0n) is 22.7. The van der Waals surface area contributed by atoms with E-state index in [0.717, 1.165) is 0 Å². The van der Waals surface area contributed by atoms with Crippen molar-refractivity contribution in [3.05, 3.63) is 29.8 Å². The molecule has 15 heteroatoms. The number of hydrogen-bond acceptors (Lipinski definition) is 10. The average Bonchev–Trinajstić information content (AvgIpc) is 3.22. The van der Waals surface area contributed by atoms with Gasteiger partial charge in [-0.05, 0) is 32.0 Å². The Hall–Kier alpha value is -2.90. The second-order valence-electron chi connectivity index (χ2n) is 8.81. The second kappa shape index (κ2) is 16.4. The molecule has 0 spiro atoms. The van der Waals surface area contributed by atoms with Gasteiger partial charge >= 0.3 is 6.18 Å². The number of hydrogen-bond donors (Lipinski definition) is 4. The number of pyridine rings is 1. The summed E-state index contributed by atoms with van der Waals surface area (Å²) in [6.45, 7) is 4.99. The number of nitrogens with one attached hydrogen (secondary N) is 3. The van der Waals surface area contributed by atoms with Crippen LogP contribution in [-0.4, -0.2) is 108 Å². The third-order valence-electron chi connectivity index (χ3n) is 5.94. The van der Waals surface area contributed by atoms with Crippen molar-refractivity contribution in [2.24, 2.45) is 0 Å². The molecule has 2 amide bonds. The molecule has 40 heavy (non-hydrogen) atoms. The number of halogens is 3. The molecule has 0 saturated carbocycles. The molecule has 2 rings (SSSR count). The number of carbonyl (C=O) groups is 2. The van der Waals surface area contributed by atoms with E-state index in [0.29, 0.717) is 37.9 Å². The van der Waals surface area contributed by atoms with E-state index in [1.807, 2.05) is 17.1 Å². The summed E-state index contributed by atoms with van der Waals surface area (Å²) in [6, 6.07) is 6.82. The first kappa shape index (κ1) is 33.3. The first-order valence-electron chi connectivity index (χ1n) is 12.8. The molecule has 1 aliphatic rings. The summed E-state index contributed by atoms with van der Waals surface area (Å²) in [4.78, 5) is 33.3. The second-order valence-corrected chi connectivity index (χ2v) is 10.2.